The molecule has 0 aliphatic heterocycles. The number of rotatable bonds is 8. The molecule has 0 amide bonds. The van der Waals surface area contributed by atoms with Crippen LogP contribution in [0, 0.1) is 0 Å². The number of imidazole rings is 1. The van der Waals surface area contributed by atoms with E-state index in [9.17, 15) is 20.0 Å². The van der Waals surface area contributed by atoms with Crippen molar-refractivity contribution in [3.05, 3.63) is 42.1 Å². The van der Waals surface area contributed by atoms with Gasteiger partial charge in [0.2, 0.25) is 0 Å². The Morgan fingerprint density at radius 3 is 2.42 bits per heavy atom. The summed E-state index contributed by atoms with van der Waals surface area (Å²) in [6.07, 6.45) is 4.72. The quantitative estimate of drug-likeness (QED) is 0.360. The monoisotopic (exact) mass is 475 g/mol. The van der Waals surface area contributed by atoms with Crippen LogP contribution in [-0.4, -0.2) is 56.6 Å². The Morgan fingerprint density at radius 1 is 1.15 bits per heavy atom. The van der Waals surface area contributed by atoms with Crippen LogP contribution in [0.5, 0.6) is 23.3 Å². The van der Waals surface area contributed by atoms with Gasteiger partial charge in [0, 0.05) is 25.2 Å². The first-order valence-corrected chi connectivity index (χ1v) is 12.2. The van der Waals surface area contributed by atoms with E-state index in [1.165, 1.54) is 12.3 Å². The summed E-state index contributed by atoms with van der Waals surface area (Å²) in [6.45, 7) is 6.58. The minimum atomic E-state index is -3.93. The first-order valence-electron chi connectivity index (χ1n) is 10.4. The number of hydrogen-bond donors (Lipinski definition) is 4. The van der Waals surface area contributed by atoms with E-state index in [0.29, 0.717) is 28.3 Å². The molecule has 0 spiro atoms. The summed E-state index contributed by atoms with van der Waals surface area (Å²) in [4.78, 5) is 25.9. The van der Waals surface area contributed by atoms with Gasteiger partial charge in [-0.15, -0.1) is 0 Å². The van der Waals surface area contributed by atoms with E-state index >= 15 is 0 Å². The molecule has 0 bridgehead atoms. The predicted octanol–water partition coefficient (Wildman–Crippen LogP) is 4.10. The van der Waals surface area contributed by atoms with Gasteiger partial charge in [0.25, 0.3) is 7.57 Å². The molecule has 0 radical (unpaired) electrons. The SMILES string of the molecule is C=P(O)(O)Oc1ncc(-c2cc(C(C)C)c(O)cc2O)n1-c1ccc(OC)c(N(C)CC)c1. The fourth-order valence-corrected chi connectivity index (χ4v) is 3.91. The number of benzene rings is 2. The van der Waals surface area contributed by atoms with Crippen molar-refractivity contribution in [1.29, 1.82) is 0 Å². The molecular weight excluding hydrogens is 445 g/mol. The second kappa shape index (κ2) is 9.39. The highest BCUT2D eigenvalue weighted by Gasteiger charge is 2.23. The highest BCUT2D eigenvalue weighted by Crippen LogP contribution is 2.44. The van der Waals surface area contributed by atoms with Crippen LogP contribution in [0.3, 0.4) is 0 Å². The molecule has 0 unspecified atom stereocenters. The normalized spacial score (nSPS) is 11.6. The minimum Gasteiger partial charge on any atom is -0.508 e. The molecule has 0 fully saturated rings. The Balaban J connectivity index is 2.31. The molecule has 0 saturated heterocycles. The third kappa shape index (κ3) is 5.11. The van der Waals surface area contributed by atoms with E-state index in [1.807, 2.05) is 38.8 Å². The smallest absolute Gasteiger partial charge is 0.307 e. The van der Waals surface area contributed by atoms with E-state index in [1.54, 1.807) is 29.9 Å². The number of anilines is 1. The van der Waals surface area contributed by atoms with Gasteiger partial charge < -0.3 is 34.2 Å². The lowest BCUT2D eigenvalue weighted by molar-refractivity contribution is 0.353. The number of nitrogens with zero attached hydrogens (tertiary/aromatic N) is 3. The first-order chi connectivity index (χ1) is 15.5. The van der Waals surface area contributed by atoms with Crippen molar-refractivity contribution in [1.82, 2.24) is 9.55 Å². The zero-order valence-corrected chi connectivity index (χ0v) is 20.2. The lowest BCUT2D eigenvalue weighted by Gasteiger charge is -2.22. The predicted molar refractivity (Wildman–Crippen MR) is 131 cm³/mol. The number of hydrogen-bond acceptors (Lipinski definition) is 8. The molecule has 2 aromatic carbocycles. The minimum absolute atomic E-state index is 0.00413. The Morgan fingerprint density at radius 2 is 1.85 bits per heavy atom. The molecule has 0 atom stereocenters. The van der Waals surface area contributed by atoms with Crippen molar-refractivity contribution in [2.45, 2.75) is 26.7 Å². The summed E-state index contributed by atoms with van der Waals surface area (Å²) in [5, 5.41) is 20.9. The number of ether oxygens (including phenoxy) is 1. The van der Waals surface area contributed by atoms with Crippen LogP contribution in [0.15, 0.2) is 36.5 Å². The van der Waals surface area contributed by atoms with Gasteiger partial charge >= 0.3 is 6.01 Å². The molecule has 9 nitrogen and oxygen atoms in total. The van der Waals surface area contributed by atoms with Gasteiger partial charge in [-0.25, -0.2) is 4.98 Å². The summed E-state index contributed by atoms with van der Waals surface area (Å²) in [5.74, 6) is 0.479. The zero-order valence-electron chi connectivity index (χ0n) is 19.3. The van der Waals surface area contributed by atoms with Crippen molar-refractivity contribution in [3.63, 3.8) is 0 Å². The van der Waals surface area contributed by atoms with Crippen LogP contribution in [0.2, 0.25) is 0 Å². The molecule has 178 valence electrons. The van der Waals surface area contributed by atoms with Gasteiger partial charge in [-0.1, -0.05) is 13.8 Å². The van der Waals surface area contributed by atoms with Crippen LogP contribution >= 0.6 is 7.57 Å². The van der Waals surface area contributed by atoms with Crippen LogP contribution < -0.4 is 14.2 Å². The maximum Gasteiger partial charge on any atom is 0.307 e. The summed E-state index contributed by atoms with van der Waals surface area (Å²) in [7, 11) is -0.428. The van der Waals surface area contributed by atoms with E-state index in [-0.39, 0.29) is 23.4 Å². The van der Waals surface area contributed by atoms with Gasteiger partial charge in [0.05, 0.1) is 30.4 Å². The first kappa shape index (κ1) is 24.5. The molecular formula is C23H30N3O6P. The molecule has 0 aliphatic rings. The molecule has 3 aromatic rings. The Hall–Kier alpha value is -3.13. The van der Waals surface area contributed by atoms with Crippen LogP contribution in [0.4, 0.5) is 5.69 Å². The number of phenols is 2. The van der Waals surface area contributed by atoms with Gasteiger partial charge in [-0.3, -0.25) is 4.57 Å². The third-order valence-corrected chi connectivity index (χ3v) is 5.76. The van der Waals surface area contributed by atoms with Crippen LogP contribution in [-0.2, 0) is 0 Å². The molecule has 1 aromatic heterocycles. The van der Waals surface area contributed by atoms with Crippen LogP contribution in [0.25, 0.3) is 16.9 Å². The van der Waals surface area contributed by atoms with E-state index in [4.69, 9.17) is 9.26 Å². The Kier molecular flexibility index (Phi) is 6.97. The third-order valence-electron chi connectivity index (χ3n) is 5.31. The lowest BCUT2D eigenvalue weighted by Crippen LogP contribution is -2.17. The van der Waals surface area contributed by atoms with Gasteiger partial charge in [0.1, 0.15) is 17.2 Å². The van der Waals surface area contributed by atoms with Crippen molar-refractivity contribution in [2.75, 3.05) is 25.6 Å². The zero-order chi connectivity index (χ0) is 24.5. The lowest BCUT2D eigenvalue weighted by atomic mass is 9.97. The topological polar surface area (TPSA) is 120 Å². The van der Waals surface area contributed by atoms with Gasteiger partial charge in [-0.05, 0) is 49.0 Å². The van der Waals surface area contributed by atoms with Crippen LogP contribution in [0.1, 0.15) is 32.3 Å². The van der Waals surface area contributed by atoms with E-state index < -0.39 is 7.57 Å². The Bertz CT molecular complexity index is 1200. The number of aromatic hydroxyl groups is 2. The number of phenolic OH excluding ortho intramolecular Hbond substituents is 2. The number of aromatic nitrogens is 2. The molecule has 1 heterocycles. The standard InChI is InChI=1S/C23H30N3O6P/c1-7-25(4)18-10-15(8-9-22(18)31-5)26-19(13-24-23(26)32-33(6,29)30)17-11-16(14(2)3)20(27)12-21(17)28/h8-14,27-30H,6-7H2,1-5H3. The molecule has 4 N–H and O–H groups in total. The van der Waals surface area contributed by atoms with Crippen molar-refractivity contribution >= 4 is 19.6 Å². The fraction of sp³-hybridized carbons (Fsp3) is 0.304. The second-order valence-electron chi connectivity index (χ2n) is 7.97. The molecule has 3 rings (SSSR count). The summed E-state index contributed by atoms with van der Waals surface area (Å²) >= 11 is 0. The highest BCUT2D eigenvalue weighted by atomic mass is 31.2. The van der Waals surface area contributed by atoms with Crippen molar-refractivity contribution < 1.29 is 29.3 Å². The van der Waals surface area contributed by atoms with Gasteiger partial charge in [0.15, 0.2) is 0 Å². The number of methoxy groups -OCH3 is 1. The summed E-state index contributed by atoms with van der Waals surface area (Å²) in [5.41, 5.74) is 2.84. The maximum atomic E-state index is 10.7. The second-order valence-corrected chi connectivity index (χ2v) is 9.48. The highest BCUT2D eigenvalue weighted by molar-refractivity contribution is 7.58. The van der Waals surface area contributed by atoms with Gasteiger partial charge in [-0.2, -0.15) is 0 Å². The molecule has 33 heavy (non-hydrogen) atoms. The Labute approximate surface area is 193 Å². The van der Waals surface area contributed by atoms with Crippen molar-refractivity contribution in [3.8, 4) is 40.2 Å². The molecule has 0 aliphatic carbocycles. The maximum absolute atomic E-state index is 10.7. The summed E-state index contributed by atoms with van der Waals surface area (Å²) in [6, 6.07) is 8.25. The average molecular weight is 475 g/mol. The van der Waals surface area contributed by atoms with E-state index in [0.717, 1.165) is 12.2 Å². The molecule has 0 saturated carbocycles. The largest absolute Gasteiger partial charge is 0.508 e. The average Bonchev–Trinajstić information content (AvgIpc) is 3.13. The summed E-state index contributed by atoms with van der Waals surface area (Å²) < 4.78 is 12.3. The van der Waals surface area contributed by atoms with Crippen molar-refractivity contribution in [2.24, 2.45) is 0 Å². The molecule has 10 heteroatoms. The van der Waals surface area contributed by atoms with E-state index in [2.05, 4.69) is 11.3 Å². The fourth-order valence-electron chi connectivity index (χ4n) is 3.52.